The molecule has 4 heterocycles. The Hall–Kier alpha value is -3.12. The molecule has 0 bridgehead atoms. The third-order valence-electron chi connectivity index (χ3n) is 7.29. The molecule has 2 fully saturated rings. The Bertz CT molecular complexity index is 1360. The molecule has 2 unspecified atom stereocenters. The maximum atomic E-state index is 15.6. The fourth-order valence-corrected chi connectivity index (χ4v) is 5.35. The fourth-order valence-electron chi connectivity index (χ4n) is 5.35. The molecule has 1 aromatic carbocycles. The summed E-state index contributed by atoms with van der Waals surface area (Å²) < 4.78 is 33.8. The van der Waals surface area contributed by atoms with Gasteiger partial charge in [-0.3, -0.25) is 0 Å². The highest BCUT2D eigenvalue weighted by Crippen LogP contribution is 2.36. The van der Waals surface area contributed by atoms with E-state index in [1.54, 1.807) is 18.0 Å². The van der Waals surface area contributed by atoms with Crippen molar-refractivity contribution in [3.05, 3.63) is 35.5 Å². The van der Waals surface area contributed by atoms with Crippen LogP contribution in [-0.4, -0.2) is 88.5 Å². The van der Waals surface area contributed by atoms with E-state index in [9.17, 15) is 4.79 Å². The maximum absolute atomic E-state index is 15.6. The Morgan fingerprint density at radius 2 is 1.90 bits per heavy atom. The number of hydrogen-bond donors (Lipinski definition) is 0. The van der Waals surface area contributed by atoms with Gasteiger partial charge in [-0.2, -0.15) is 28.6 Å². The van der Waals surface area contributed by atoms with Gasteiger partial charge in [0.2, 0.25) is 0 Å². The topological polar surface area (TPSA) is 94.8 Å². The predicted octanol–water partition coefficient (Wildman–Crippen LogP) is 4.53. The number of rotatable bonds is 4. The van der Waals surface area contributed by atoms with Gasteiger partial charge in [0.1, 0.15) is 17.6 Å². The summed E-state index contributed by atoms with van der Waals surface area (Å²) in [5, 5.41) is 5.55. The molecule has 2 aliphatic rings. The second kappa shape index (κ2) is 11.8. The van der Waals surface area contributed by atoms with Crippen LogP contribution in [-0.2, 0) is 9.47 Å². The minimum Gasteiger partial charge on any atom is -0.467 e. The van der Waals surface area contributed by atoms with Crippen LogP contribution < -0.4 is 9.64 Å². The Balaban J connectivity index is 0.00000370. The first-order valence-electron chi connectivity index (χ1n) is 13.4. The molecule has 3 aromatic rings. The SMILES string of the molecule is COc1nc(N2CCOC[C@@H]2C)cc(-n2ncc3cc(C)c(C4CCN(C(=O)OC(C)(C)C)CC4F)cc32)n1.S. The van der Waals surface area contributed by atoms with E-state index in [2.05, 4.69) is 26.9 Å². The van der Waals surface area contributed by atoms with Crippen LogP contribution in [0.4, 0.5) is 15.0 Å². The van der Waals surface area contributed by atoms with Crippen LogP contribution in [0, 0.1) is 6.92 Å². The quantitative estimate of drug-likeness (QED) is 0.449. The highest BCUT2D eigenvalue weighted by molar-refractivity contribution is 7.59. The lowest BCUT2D eigenvalue weighted by atomic mass is 9.85. The standard InChI is InChI=1S/C28H37FN6O4.H2S/c1-17-11-19-14-30-35(25-13-24(31-26(32-25)37-6)34-9-10-38-16-18(34)2)23(19)12-21(17)20-7-8-33(15-22(20)29)27(36)39-28(3,4)5;/h11-14,18,20,22H,7-10,15-16H2,1-6H3;1H2/t18-,20?,22?;/m0./s1. The fraction of sp³-hybridized carbons (Fsp3) is 0.571. The van der Waals surface area contributed by atoms with Crippen molar-refractivity contribution in [2.24, 2.45) is 0 Å². The van der Waals surface area contributed by atoms with E-state index in [1.165, 1.54) is 4.90 Å². The van der Waals surface area contributed by atoms with E-state index >= 15 is 4.39 Å². The van der Waals surface area contributed by atoms with E-state index in [-0.39, 0.29) is 38.0 Å². The van der Waals surface area contributed by atoms with Crippen molar-refractivity contribution in [1.82, 2.24) is 24.6 Å². The Morgan fingerprint density at radius 3 is 2.58 bits per heavy atom. The number of alkyl halides is 1. The lowest BCUT2D eigenvalue weighted by Crippen LogP contribution is -2.46. The number of ether oxygens (including phenoxy) is 3. The monoisotopic (exact) mass is 574 g/mol. The number of amides is 1. The Kier molecular flexibility index (Phi) is 8.79. The first-order chi connectivity index (χ1) is 18.5. The predicted molar refractivity (Wildman–Crippen MR) is 156 cm³/mol. The van der Waals surface area contributed by atoms with Gasteiger partial charge < -0.3 is 24.0 Å². The van der Waals surface area contributed by atoms with Gasteiger partial charge in [0.05, 0.1) is 44.6 Å². The molecule has 1 amide bonds. The molecule has 218 valence electrons. The largest absolute Gasteiger partial charge is 0.467 e. The van der Waals surface area contributed by atoms with E-state index in [4.69, 9.17) is 14.2 Å². The summed E-state index contributed by atoms with van der Waals surface area (Å²) in [7, 11) is 1.54. The van der Waals surface area contributed by atoms with Gasteiger partial charge in [0, 0.05) is 30.5 Å². The molecule has 0 radical (unpaired) electrons. The summed E-state index contributed by atoms with van der Waals surface area (Å²) in [5.41, 5.74) is 2.09. The number of nitrogens with zero attached hydrogens (tertiary/aromatic N) is 6. The van der Waals surface area contributed by atoms with Crippen LogP contribution in [0.15, 0.2) is 24.4 Å². The van der Waals surface area contributed by atoms with Crippen molar-refractivity contribution in [2.45, 2.75) is 64.8 Å². The lowest BCUT2D eigenvalue weighted by molar-refractivity contribution is 0.0111. The minimum atomic E-state index is -1.22. The molecule has 2 aliphatic heterocycles. The average Bonchev–Trinajstić information content (AvgIpc) is 3.30. The molecule has 12 heteroatoms. The molecule has 40 heavy (non-hydrogen) atoms. The van der Waals surface area contributed by atoms with Crippen LogP contribution in [0.2, 0.25) is 0 Å². The number of piperidine rings is 1. The van der Waals surface area contributed by atoms with Gasteiger partial charge >= 0.3 is 12.1 Å². The number of hydrogen-bond acceptors (Lipinski definition) is 8. The number of halogens is 1. The van der Waals surface area contributed by atoms with E-state index in [1.807, 2.05) is 45.9 Å². The smallest absolute Gasteiger partial charge is 0.410 e. The second-order valence-electron chi connectivity index (χ2n) is 11.3. The van der Waals surface area contributed by atoms with E-state index in [0.717, 1.165) is 27.8 Å². The molecular formula is C28H39FN6O4S. The summed E-state index contributed by atoms with van der Waals surface area (Å²) in [6.07, 6.45) is 0.598. The first kappa shape index (κ1) is 29.9. The van der Waals surface area contributed by atoms with Crippen molar-refractivity contribution in [1.29, 1.82) is 0 Å². The van der Waals surface area contributed by atoms with Gasteiger partial charge in [0.25, 0.3) is 0 Å². The highest BCUT2D eigenvalue weighted by Gasteiger charge is 2.35. The normalized spacial score (nSPS) is 21.7. The minimum absolute atomic E-state index is 0. The van der Waals surface area contributed by atoms with Gasteiger partial charge in [-0.25, -0.2) is 13.9 Å². The highest BCUT2D eigenvalue weighted by atomic mass is 32.1. The van der Waals surface area contributed by atoms with Gasteiger partial charge in [-0.05, 0) is 64.3 Å². The molecule has 0 aliphatic carbocycles. The van der Waals surface area contributed by atoms with Crippen molar-refractivity contribution >= 4 is 36.3 Å². The molecule has 2 aromatic heterocycles. The van der Waals surface area contributed by atoms with Crippen LogP contribution in [0.1, 0.15) is 51.2 Å². The zero-order chi connectivity index (χ0) is 27.9. The molecule has 0 spiro atoms. The average molecular weight is 575 g/mol. The Labute approximate surface area is 241 Å². The zero-order valence-corrected chi connectivity index (χ0v) is 25.0. The summed E-state index contributed by atoms with van der Waals surface area (Å²) in [6, 6.07) is 6.33. The second-order valence-corrected chi connectivity index (χ2v) is 11.3. The summed E-state index contributed by atoms with van der Waals surface area (Å²) >= 11 is 0. The van der Waals surface area contributed by atoms with E-state index in [0.29, 0.717) is 38.5 Å². The molecule has 10 nitrogen and oxygen atoms in total. The lowest BCUT2D eigenvalue weighted by Gasteiger charge is -2.36. The zero-order valence-electron chi connectivity index (χ0n) is 24.0. The number of carbonyl (C=O) groups excluding carboxylic acids is 1. The number of benzene rings is 1. The molecule has 0 saturated carbocycles. The summed E-state index contributed by atoms with van der Waals surface area (Å²) in [5.74, 6) is 0.958. The number of likely N-dealkylation sites (tertiary alicyclic amines) is 1. The third-order valence-corrected chi connectivity index (χ3v) is 7.29. The van der Waals surface area contributed by atoms with Gasteiger partial charge in [0.15, 0.2) is 5.82 Å². The number of morpholine rings is 1. The summed E-state index contributed by atoms with van der Waals surface area (Å²) in [6.45, 7) is 11.9. The molecule has 2 saturated heterocycles. The molecule has 3 atom stereocenters. The molecule has 5 rings (SSSR count). The van der Waals surface area contributed by atoms with Crippen molar-refractivity contribution < 1.29 is 23.4 Å². The van der Waals surface area contributed by atoms with Crippen LogP contribution in [0.5, 0.6) is 6.01 Å². The van der Waals surface area contributed by atoms with Crippen molar-refractivity contribution in [2.75, 3.05) is 44.9 Å². The Morgan fingerprint density at radius 1 is 1.15 bits per heavy atom. The molecule has 0 N–H and O–H groups in total. The third kappa shape index (κ3) is 6.12. The van der Waals surface area contributed by atoms with E-state index < -0.39 is 17.9 Å². The molecular weight excluding hydrogens is 535 g/mol. The van der Waals surface area contributed by atoms with Crippen molar-refractivity contribution in [3.63, 3.8) is 0 Å². The number of aryl methyl sites for hydroxylation is 1. The number of fused-ring (bicyclic) bond motifs is 1. The van der Waals surface area contributed by atoms with Crippen LogP contribution in [0.25, 0.3) is 16.7 Å². The number of anilines is 1. The van der Waals surface area contributed by atoms with Crippen LogP contribution in [0.3, 0.4) is 0 Å². The van der Waals surface area contributed by atoms with Crippen LogP contribution >= 0.6 is 13.5 Å². The van der Waals surface area contributed by atoms with Gasteiger partial charge in [-0.1, -0.05) is 0 Å². The summed E-state index contributed by atoms with van der Waals surface area (Å²) in [4.78, 5) is 25.3. The first-order valence-corrected chi connectivity index (χ1v) is 13.4. The number of aromatic nitrogens is 4. The van der Waals surface area contributed by atoms with Gasteiger partial charge in [-0.15, -0.1) is 0 Å². The van der Waals surface area contributed by atoms with Crippen molar-refractivity contribution in [3.8, 4) is 11.8 Å². The number of carbonyl (C=O) groups is 1. The number of methoxy groups -OCH3 is 1. The maximum Gasteiger partial charge on any atom is 0.410 e.